The monoisotopic (exact) mass is 203 g/mol. The van der Waals surface area contributed by atoms with E-state index >= 15 is 0 Å². The van der Waals surface area contributed by atoms with Crippen LogP contribution in [0, 0.1) is 0 Å². The van der Waals surface area contributed by atoms with Crippen molar-refractivity contribution in [3.63, 3.8) is 0 Å². The van der Waals surface area contributed by atoms with Crippen molar-refractivity contribution in [2.24, 2.45) is 0 Å². The van der Waals surface area contributed by atoms with Crippen LogP contribution >= 0.6 is 11.6 Å². The molecule has 0 spiro atoms. The highest BCUT2D eigenvalue weighted by Gasteiger charge is 2.29. The quantitative estimate of drug-likeness (QED) is 0.690. The highest BCUT2D eigenvalue weighted by Crippen LogP contribution is 2.20. The molecule has 0 aromatic carbocycles. The summed E-state index contributed by atoms with van der Waals surface area (Å²) in [6.07, 6.45) is 1.64. The molecule has 0 aliphatic carbocycles. The predicted octanol–water partition coefficient (Wildman–Crippen LogP) is 1.42. The zero-order valence-electron chi connectivity index (χ0n) is 7.73. The van der Waals surface area contributed by atoms with E-state index in [2.05, 4.69) is 11.9 Å². The van der Waals surface area contributed by atoms with Crippen molar-refractivity contribution in [1.82, 2.24) is 5.32 Å². The van der Waals surface area contributed by atoms with Gasteiger partial charge in [0.2, 0.25) is 0 Å². The molecular weight excluding hydrogens is 190 g/mol. The summed E-state index contributed by atoms with van der Waals surface area (Å²) in [4.78, 5) is 11.2. The van der Waals surface area contributed by atoms with Gasteiger partial charge in [-0.25, -0.2) is 0 Å². The van der Waals surface area contributed by atoms with Gasteiger partial charge in [0.25, 0.3) is 5.91 Å². The molecule has 1 rings (SSSR count). The van der Waals surface area contributed by atoms with E-state index in [0.29, 0.717) is 13.2 Å². The van der Waals surface area contributed by atoms with Crippen molar-refractivity contribution < 1.29 is 9.53 Å². The zero-order chi connectivity index (χ0) is 9.90. The van der Waals surface area contributed by atoms with Crippen LogP contribution in [-0.2, 0) is 9.53 Å². The smallest absolute Gasteiger partial charge is 0.262 e. The topological polar surface area (TPSA) is 38.3 Å². The van der Waals surface area contributed by atoms with Gasteiger partial charge in [0.1, 0.15) is 0 Å². The Bertz CT molecular complexity index is 222. The van der Waals surface area contributed by atoms with Crippen LogP contribution in [0.4, 0.5) is 0 Å². The van der Waals surface area contributed by atoms with Gasteiger partial charge in [-0.2, -0.15) is 0 Å². The Balaban J connectivity index is 2.50. The number of hydrogen-bond donors (Lipinski definition) is 1. The Morgan fingerprint density at radius 1 is 1.54 bits per heavy atom. The van der Waals surface area contributed by atoms with Gasteiger partial charge < -0.3 is 10.1 Å². The summed E-state index contributed by atoms with van der Waals surface area (Å²) in [7, 11) is 0. The minimum absolute atomic E-state index is 0.0349. The first-order valence-electron chi connectivity index (χ1n) is 4.28. The second-order valence-corrected chi connectivity index (χ2v) is 3.99. The molecule has 4 heteroatoms. The SMILES string of the molecule is C=C(Cl)C(=O)NC1(C)CCOCC1. The first-order chi connectivity index (χ1) is 6.03. The van der Waals surface area contributed by atoms with Crippen LogP contribution in [0.3, 0.4) is 0 Å². The van der Waals surface area contributed by atoms with Gasteiger partial charge in [-0.3, -0.25) is 4.79 Å². The molecule has 0 aromatic heterocycles. The van der Waals surface area contributed by atoms with Crippen LogP contribution in [0.2, 0.25) is 0 Å². The minimum atomic E-state index is -0.286. The molecule has 1 aliphatic rings. The maximum absolute atomic E-state index is 11.2. The average Bonchev–Trinajstić information content (AvgIpc) is 2.04. The van der Waals surface area contributed by atoms with Crippen LogP contribution in [-0.4, -0.2) is 24.7 Å². The van der Waals surface area contributed by atoms with Crippen LogP contribution in [0.25, 0.3) is 0 Å². The van der Waals surface area contributed by atoms with Crippen molar-refractivity contribution in [1.29, 1.82) is 0 Å². The summed E-state index contributed by atoms with van der Waals surface area (Å²) < 4.78 is 5.20. The maximum Gasteiger partial charge on any atom is 0.262 e. The lowest BCUT2D eigenvalue weighted by Crippen LogP contribution is -2.49. The average molecular weight is 204 g/mol. The molecule has 1 N–H and O–H groups in total. The highest BCUT2D eigenvalue weighted by atomic mass is 35.5. The molecule has 0 radical (unpaired) electrons. The zero-order valence-corrected chi connectivity index (χ0v) is 8.49. The van der Waals surface area contributed by atoms with Crippen molar-refractivity contribution in [2.75, 3.05) is 13.2 Å². The van der Waals surface area contributed by atoms with E-state index in [1.54, 1.807) is 0 Å². The van der Waals surface area contributed by atoms with E-state index in [-0.39, 0.29) is 16.5 Å². The molecule has 1 saturated heterocycles. The van der Waals surface area contributed by atoms with Crippen LogP contribution in [0.5, 0.6) is 0 Å². The number of rotatable bonds is 2. The molecule has 1 fully saturated rings. The van der Waals surface area contributed by atoms with Crippen LogP contribution < -0.4 is 5.32 Å². The van der Waals surface area contributed by atoms with Gasteiger partial charge >= 0.3 is 0 Å². The van der Waals surface area contributed by atoms with Gasteiger partial charge in [0, 0.05) is 18.8 Å². The number of ether oxygens (including phenoxy) is 1. The van der Waals surface area contributed by atoms with Crippen molar-refractivity contribution in [3.8, 4) is 0 Å². The molecule has 0 saturated carbocycles. The fourth-order valence-corrected chi connectivity index (χ4v) is 1.34. The summed E-state index contributed by atoms with van der Waals surface area (Å²) in [5, 5.41) is 2.88. The summed E-state index contributed by atoms with van der Waals surface area (Å²) in [6, 6.07) is 0. The molecule has 1 amide bonds. The Morgan fingerprint density at radius 3 is 2.54 bits per heavy atom. The van der Waals surface area contributed by atoms with E-state index in [0.717, 1.165) is 12.8 Å². The Labute approximate surface area is 83.1 Å². The third-order valence-electron chi connectivity index (χ3n) is 2.26. The van der Waals surface area contributed by atoms with Gasteiger partial charge in [-0.15, -0.1) is 0 Å². The van der Waals surface area contributed by atoms with Crippen molar-refractivity contribution in [2.45, 2.75) is 25.3 Å². The number of hydrogen-bond acceptors (Lipinski definition) is 2. The molecule has 0 bridgehead atoms. The molecule has 0 atom stereocenters. The summed E-state index contributed by atoms with van der Waals surface area (Å²) in [6.45, 7) is 6.74. The van der Waals surface area contributed by atoms with Gasteiger partial charge in [-0.05, 0) is 19.8 Å². The number of nitrogens with one attached hydrogen (secondary N) is 1. The summed E-state index contributed by atoms with van der Waals surface area (Å²) >= 11 is 5.47. The minimum Gasteiger partial charge on any atom is -0.381 e. The molecule has 0 unspecified atom stereocenters. The number of carbonyl (C=O) groups excluding carboxylic acids is 1. The Morgan fingerprint density at radius 2 is 2.08 bits per heavy atom. The van der Waals surface area contributed by atoms with E-state index in [1.807, 2.05) is 6.92 Å². The first kappa shape index (κ1) is 10.5. The Kier molecular flexibility index (Phi) is 3.33. The molecule has 13 heavy (non-hydrogen) atoms. The molecule has 3 nitrogen and oxygen atoms in total. The lowest BCUT2D eigenvalue weighted by atomic mass is 9.92. The number of halogens is 1. The first-order valence-corrected chi connectivity index (χ1v) is 4.66. The fourth-order valence-electron chi connectivity index (χ4n) is 1.29. The third kappa shape index (κ3) is 3.01. The lowest BCUT2D eigenvalue weighted by Gasteiger charge is -2.34. The molecule has 1 aliphatic heterocycles. The predicted molar refractivity (Wildman–Crippen MR) is 51.6 cm³/mol. The van der Waals surface area contributed by atoms with E-state index < -0.39 is 0 Å². The van der Waals surface area contributed by atoms with Crippen LogP contribution in [0.15, 0.2) is 11.6 Å². The fraction of sp³-hybridized carbons (Fsp3) is 0.667. The Hall–Kier alpha value is -0.540. The summed E-state index contributed by atoms with van der Waals surface area (Å²) in [5.74, 6) is -0.286. The van der Waals surface area contributed by atoms with Gasteiger partial charge in [0.05, 0.1) is 5.03 Å². The molecular formula is C9H14ClNO2. The lowest BCUT2D eigenvalue weighted by molar-refractivity contribution is -0.119. The maximum atomic E-state index is 11.2. The van der Waals surface area contributed by atoms with Crippen molar-refractivity contribution in [3.05, 3.63) is 11.6 Å². The van der Waals surface area contributed by atoms with Gasteiger partial charge in [0.15, 0.2) is 0 Å². The van der Waals surface area contributed by atoms with Crippen molar-refractivity contribution >= 4 is 17.5 Å². The largest absolute Gasteiger partial charge is 0.381 e. The molecule has 74 valence electrons. The van der Waals surface area contributed by atoms with E-state index in [4.69, 9.17) is 16.3 Å². The highest BCUT2D eigenvalue weighted by molar-refractivity contribution is 6.41. The second kappa shape index (κ2) is 4.11. The molecule has 1 heterocycles. The van der Waals surface area contributed by atoms with Crippen LogP contribution in [0.1, 0.15) is 19.8 Å². The van der Waals surface area contributed by atoms with E-state index in [9.17, 15) is 4.79 Å². The second-order valence-electron chi connectivity index (χ2n) is 3.53. The molecule has 0 aromatic rings. The normalized spacial score (nSPS) is 20.8. The van der Waals surface area contributed by atoms with E-state index in [1.165, 1.54) is 0 Å². The number of amides is 1. The summed E-state index contributed by atoms with van der Waals surface area (Å²) in [5.41, 5.74) is -0.187. The number of carbonyl (C=O) groups is 1. The standard InChI is InChI=1S/C9H14ClNO2/c1-7(10)8(12)11-9(2)3-5-13-6-4-9/h1,3-6H2,2H3,(H,11,12). The van der Waals surface area contributed by atoms with Gasteiger partial charge in [-0.1, -0.05) is 18.2 Å². The third-order valence-corrected chi connectivity index (χ3v) is 2.43.